The van der Waals surface area contributed by atoms with Gasteiger partial charge >= 0.3 is 39.5 Å². The number of hydrogen-bond donors (Lipinski definition) is 3. The number of hydrogen-bond acceptors (Lipinski definition) is 15. The Morgan fingerprint density at radius 3 is 0.808 bits per heavy atom. The number of allylic oxidation sites excluding steroid dienone is 28. The molecule has 0 aliphatic carbocycles. The van der Waals surface area contributed by atoms with Crippen LogP contribution in [0.15, 0.2) is 170 Å². The molecule has 0 heterocycles. The number of rotatable bonds is 72. The standard InChI is InChI=1S/C85H138O17P2/c1-5-9-13-17-21-25-29-33-37-39-43-45-49-53-57-61-65-69-82(87)95-75-80(101-84(89)71-67-63-59-55-51-47-41-35-31-27-23-19-15-11-7-3)77-99-103(91,92)97-73-79(86)74-98-104(93,94)100-78-81(102-85(90)72-68-64-60-56-52-48-42-36-32-28-24-20-16-12-8-4)76-96-83(88)70-66-62-58-54-50-46-44-40-38-34-30-26-22-18-14-10-6-2/h9-11,13-15,21-28,33-38,41-46,53,57,79-81,86H,5-8,12,16-20,29-32,39-40,47-52,54-56,58-78H2,1-4H3,(H,91,92)(H,93,94)/b13-9-,14-10-,15-11-,25-21-,26-22-,27-23-,28-24-,37-33-,38-34-,41-35-,42-36-,45-43-,46-44-,57-53-. The van der Waals surface area contributed by atoms with Crippen LogP contribution in [0.1, 0.15) is 285 Å². The number of unbranched alkanes of at least 4 members (excludes halogenated alkanes) is 18. The Morgan fingerprint density at radius 1 is 0.279 bits per heavy atom. The largest absolute Gasteiger partial charge is 0.472 e. The van der Waals surface area contributed by atoms with Gasteiger partial charge in [-0.05, 0) is 167 Å². The average molecular weight is 1490 g/mol. The van der Waals surface area contributed by atoms with Crippen molar-refractivity contribution < 1.29 is 80.2 Å². The van der Waals surface area contributed by atoms with E-state index in [4.69, 9.17) is 37.0 Å². The van der Waals surface area contributed by atoms with Crippen molar-refractivity contribution in [3.05, 3.63) is 170 Å². The van der Waals surface area contributed by atoms with Gasteiger partial charge in [-0.15, -0.1) is 0 Å². The fourth-order valence-corrected chi connectivity index (χ4v) is 11.3. The summed E-state index contributed by atoms with van der Waals surface area (Å²) in [6, 6.07) is 0. The minimum atomic E-state index is -5.00. The molecule has 3 N–H and O–H groups in total. The summed E-state index contributed by atoms with van der Waals surface area (Å²) in [6.07, 6.45) is 89.1. The predicted molar refractivity (Wildman–Crippen MR) is 426 cm³/mol. The summed E-state index contributed by atoms with van der Waals surface area (Å²) in [5.41, 5.74) is 0. The lowest BCUT2D eigenvalue weighted by Gasteiger charge is -2.21. The molecule has 5 atom stereocenters. The number of esters is 4. The molecule has 19 heteroatoms. The Morgan fingerprint density at radius 2 is 0.510 bits per heavy atom. The van der Waals surface area contributed by atoms with Crippen molar-refractivity contribution >= 4 is 39.5 Å². The zero-order valence-corrected chi connectivity index (χ0v) is 66.2. The third kappa shape index (κ3) is 74.7. The van der Waals surface area contributed by atoms with Crippen LogP contribution in [0, 0.1) is 0 Å². The van der Waals surface area contributed by atoms with Gasteiger partial charge in [0.25, 0.3) is 0 Å². The number of phosphoric ester groups is 2. The van der Waals surface area contributed by atoms with Crippen molar-refractivity contribution in [3.63, 3.8) is 0 Å². The van der Waals surface area contributed by atoms with Crippen LogP contribution in [0.2, 0.25) is 0 Å². The van der Waals surface area contributed by atoms with Gasteiger partial charge in [0.05, 0.1) is 26.4 Å². The second kappa shape index (κ2) is 75.6. The van der Waals surface area contributed by atoms with Gasteiger partial charge < -0.3 is 33.8 Å². The van der Waals surface area contributed by atoms with Gasteiger partial charge in [0.1, 0.15) is 19.3 Å². The Hall–Kier alpha value is -5.58. The van der Waals surface area contributed by atoms with Crippen LogP contribution in [0.25, 0.3) is 0 Å². The molecule has 0 aliphatic heterocycles. The maximum Gasteiger partial charge on any atom is 0.472 e. The highest BCUT2D eigenvalue weighted by Crippen LogP contribution is 2.45. The Kier molecular flexibility index (Phi) is 71.6. The normalized spacial score (nSPS) is 14.8. The Balaban J connectivity index is 5.48. The van der Waals surface area contributed by atoms with Crippen LogP contribution in [0.4, 0.5) is 0 Å². The van der Waals surface area contributed by atoms with Gasteiger partial charge in [-0.3, -0.25) is 37.3 Å². The second-order valence-electron chi connectivity index (χ2n) is 25.5. The fraction of sp³-hybridized carbons (Fsp3) is 0.624. The van der Waals surface area contributed by atoms with Gasteiger partial charge in [0, 0.05) is 25.7 Å². The predicted octanol–water partition coefficient (Wildman–Crippen LogP) is 23.0. The number of phosphoric acid groups is 2. The van der Waals surface area contributed by atoms with Crippen LogP contribution in [0.5, 0.6) is 0 Å². The van der Waals surface area contributed by atoms with Crippen LogP contribution in [0.3, 0.4) is 0 Å². The lowest BCUT2D eigenvalue weighted by Crippen LogP contribution is -2.30. The molecule has 0 aromatic carbocycles. The molecule has 0 amide bonds. The average Bonchev–Trinajstić information content (AvgIpc) is 0.937. The molecule has 0 bridgehead atoms. The van der Waals surface area contributed by atoms with E-state index in [1.54, 1.807) is 0 Å². The summed E-state index contributed by atoms with van der Waals surface area (Å²) in [5, 5.41) is 10.6. The molecular weight excluding hydrogens is 1350 g/mol. The number of carbonyl (C=O) groups is 4. The van der Waals surface area contributed by atoms with Crippen molar-refractivity contribution in [2.45, 2.75) is 303 Å². The molecule has 0 aliphatic rings. The summed E-state index contributed by atoms with van der Waals surface area (Å²) >= 11 is 0. The maximum atomic E-state index is 13.1. The lowest BCUT2D eigenvalue weighted by molar-refractivity contribution is -0.161. The van der Waals surface area contributed by atoms with E-state index in [0.29, 0.717) is 32.1 Å². The van der Waals surface area contributed by atoms with Gasteiger partial charge in [-0.2, -0.15) is 0 Å². The smallest absolute Gasteiger partial charge is 0.462 e. The quantitative estimate of drug-likeness (QED) is 0.0169. The highest BCUT2D eigenvalue weighted by Gasteiger charge is 2.30. The van der Waals surface area contributed by atoms with Crippen LogP contribution < -0.4 is 0 Å². The second-order valence-corrected chi connectivity index (χ2v) is 28.4. The third-order valence-electron chi connectivity index (χ3n) is 15.7. The topological polar surface area (TPSA) is 237 Å². The highest BCUT2D eigenvalue weighted by atomic mass is 31.2. The van der Waals surface area contributed by atoms with Crippen LogP contribution >= 0.6 is 15.6 Å². The number of carbonyl (C=O) groups excluding carboxylic acids is 4. The summed E-state index contributed by atoms with van der Waals surface area (Å²) < 4.78 is 68.5. The van der Waals surface area contributed by atoms with Crippen molar-refractivity contribution in [2.24, 2.45) is 0 Å². The van der Waals surface area contributed by atoms with E-state index in [9.17, 15) is 43.2 Å². The molecule has 0 spiro atoms. The summed E-state index contributed by atoms with van der Waals surface area (Å²) in [6.45, 7) is 4.36. The van der Waals surface area contributed by atoms with Crippen LogP contribution in [-0.4, -0.2) is 96.7 Å². The van der Waals surface area contributed by atoms with E-state index >= 15 is 0 Å². The minimum absolute atomic E-state index is 0.0564. The molecule has 0 aromatic rings. The first-order chi connectivity index (χ1) is 50.7. The van der Waals surface area contributed by atoms with E-state index in [0.717, 1.165) is 180 Å². The summed E-state index contributed by atoms with van der Waals surface area (Å²) in [4.78, 5) is 73.0. The molecule has 0 radical (unpaired) electrons. The summed E-state index contributed by atoms with van der Waals surface area (Å²) in [5.74, 6) is -2.32. The molecule has 0 aromatic heterocycles. The SMILES string of the molecule is CC/C=C\C/C=C\C/C=C\C/C=C\C/C=C\CCCC(=O)OCC(COP(=O)(O)OCC(O)COP(=O)(O)OCC(COC(=O)CCCCCC/C=C\C/C=C\C/C=C\C/C=C\CC)OC(=O)CCCCCCC/C=C\C/C=C\CCCCC)OC(=O)CCCCCCC/C=C\C/C=C\C/C=C\CC. The molecule has 0 saturated heterocycles. The molecule has 0 fully saturated rings. The molecule has 0 rings (SSSR count). The van der Waals surface area contributed by atoms with Crippen molar-refractivity contribution in [1.29, 1.82) is 0 Å². The van der Waals surface area contributed by atoms with Crippen molar-refractivity contribution in [3.8, 4) is 0 Å². The molecule has 17 nitrogen and oxygen atoms in total. The molecule has 5 unspecified atom stereocenters. The van der Waals surface area contributed by atoms with Crippen molar-refractivity contribution in [1.82, 2.24) is 0 Å². The third-order valence-corrected chi connectivity index (χ3v) is 17.6. The van der Waals surface area contributed by atoms with Gasteiger partial charge in [0.15, 0.2) is 12.2 Å². The molecule has 104 heavy (non-hydrogen) atoms. The minimum Gasteiger partial charge on any atom is -0.462 e. The lowest BCUT2D eigenvalue weighted by atomic mass is 10.1. The number of aliphatic hydroxyl groups is 1. The zero-order chi connectivity index (χ0) is 76.0. The van der Waals surface area contributed by atoms with Gasteiger partial charge in [0.2, 0.25) is 0 Å². The van der Waals surface area contributed by atoms with E-state index in [-0.39, 0.29) is 25.7 Å². The molecule has 0 saturated carbocycles. The zero-order valence-electron chi connectivity index (χ0n) is 64.4. The first-order valence-corrected chi connectivity index (χ1v) is 42.4. The monoisotopic (exact) mass is 1490 g/mol. The molecular formula is C85H138O17P2. The van der Waals surface area contributed by atoms with E-state index in [2.05, 4.69) is 186 Å². The van der Waals surface area contributed by atoms with E-state index < -0.39 is 97.5 Å². The van der Waals surface area contributed by atoms with Gasteiger partial charge in [-0.25, -0.2) is 9.13 Å². The number of ether oxygens (including phenoxy) is 4. The number of aliphatic hydroxyl groups excluding tert-OH is 1. The first kappa shape index (κ1) is 98.4. The maximum absolute atomic E-state index is 13.1. The Labute approximate surface area is 629 Å². The first-order valence-electron chi connectivity index (χ1n) is 39.4. The fourth-order valence-electron chi connectivity index (χ4n) is 9.76. The molecule has 590 valence electrons. The Bertz CT molecular complexity index is 2640. The van der Waals surface area contributed by atoms with Gasteiger partial charge in [-0.1, -0.05) is 262 Å². The van der Waals surface area contributed by atoms with Crippen LogP contribution in [-0.2, 0) is 65.4 Å². The van der Waals surface area contributed by atoms with E-state index in [1.165, 1.54) is 19.3 Å². The summed E-state index contributed by atoms with van der Waals surface area (Å²) in [7, 11) is -10.0. The van der Waals surface area contributed by atoms with Crippen molar-refractivity contribution in [2.75, 3.05) is 39.6 Å². The highest BCUT2D eigenvalue weighted by molar-refractivity contribution is 7.47. The van der Waals surface area contributed by atoms with E-state index in [1.807, 2.05) is 12.2 Å².